The predicted octanol–water partition coefficient (Wildman–Crippen LogP) is -0.288. The Kier molecular flexibility index (Phi) is 6.97. The van der Waals surface area contributed by atoms with Crippen LogP contribution < -0.4 is 5.32 Å². The van der Waals surface area contributed by atoms with Crippen LogP contribution in [0.5, 0.6) is 0 Å². The Balaban J connectivity index is 1.82. The zero-order valence-electron chi connectivity index (χ0n) is 19.4. The topological polar surface area (TPSA) is 138 Å². The number of aliphatic hydroxyl groups is 1. The Morgan fingerprint density at radius 1 is 1.25 bits per heavy atom. The highest BCUT2D eigenvalue weighted by atomic mass is 32.2. The van der Waals surface area contributed by atoms with E-state index in [0.29, 0.717) is 25.9 Å². The first-order valence-corrected chi connectivity index (χ1v) is 12.7. The van der Waals surface area contributed by atoms with Gasteiger partial charge in [-0.1, -0.05) is 26.0 Å². The van der Waals surface area contributed by atoms with E-state index in [2.05, 4.69) is 15.6 Å². The number of hydrogen-bond acceptors (Lipinski definition) is 7. The van der Waals surface area contributed by atoms with Gasteiger partial charge in [0, 0.05) is 45.2 Å². The monoisotopic (exact) mass is 470 g/mol. The molecule has 0 saturated carbocycles. The van der Waals surface area contributed by atoms with Gasteiger partial charge in [-0.3, -0.25) is 9.59 Å². The van der Waals surface area contributed by atoms with Gasteiger partial charge in [-0.25, -0.2) is 17.4 Å². The van der Waals surface area contributed by atoms with Crippen LogP contribution in [0.15, 0.2) is 6.20 Å². The van der Waals surface area contributed by atoms with Crippen LogP contribution in [0.3, 0.4) is 0 Å². The molecule has 2 aliphatic rings. The minimum atomic E-state index is -3.21. The molecule has 2 aliphatic heterocycles. The van der Waals surface area contributed by atoms with Gasteiger partial charge < -0.3 is 15.3 Å². The fourth-order valence-corrected chi connectivity index (χ4v) is 5.47. The third kappa shape index (κ3) is 5.12. The lowest BCUT2D eigenvalue weighted by Crippen LogP contribution is -2.49. The number of carbonyl (C=O) groups is 2. The summed E-state index contributed by atoms with van der Waals surface area (Å²) in [5, 5.41) is 21.2. The van der Waals surface area contributed by atoms with Crippen LogP contribution in [-0.2, 0) is 19.6 Å². The largest absolute Gasteiger partial charge is 0.391 e. The van der Waals surface area contributed by atoms with Crippen LogP contribution in [0.4, 0.5) is 0 Å². The van der Waals surface area contributed by atoms with Gasteiger partial charge in [-0.15, -0.1) is 5.10 Å². The first kappa shape index (κ1) is 24.6. The number of amides is 2. The fraction of sp³-hybridized carbons (Fsp3) is 0.800. The molecule has 2 amide bonds. The summed E-state index contributed by atoms with van der Waals surface area (Å²) in [6.07, 6.45) is 3.69. The minimum Gasteiger partial charge on any atom is -0.391 e. The van der Waals surface area contributed by atoms with Crippen molar-refractivity contribution in [3.63, 3.8) is 0 Å². The van der Waals surface area contributed by atoms with E-state index in [1.165, 1.54) is 22.5 Å². The van der Waals surface area contributed by atoms with Gasteiger partial charge in [0.05, 0.1) is 18.1 Å². The first-order valence-electron chi connectivity index (χ1n) is 10.9. The number of nitrogens with one attached hydrogen (secondary N) is 1. The second-order valence-electron chi connectivity index (χ2n) is 9.84. The molecule has 3 heterocycles. The summed E-state index contributed by atoms with van der Waals surface area (Å²) in [5.41, 5.74) is 0.201. The minimum absolute atomic E-state index is 0.0599. The van der Waals surface area contributed by atoms with Gasteiger partial charge >= 0.3 is 0 Å². The maximum Gasteiger partial charge on any atom is 0.248 e. The third-order valence-electron chi connectivity index (χ3n) is 6.30. The Labute approximate surface area is 189 Å². The molecule has 3 atom stereocenters. The summed E-state index contributed by atoms with van der Waals surface area (Å²) >= 11 is 0. The molecule has 1 aromatic rings. The number of piperidine rings is 1. The summed E-state index contributed by atoms with van der Waals surface area (Å²) in [6, 6.07) is -1.44. The van der Waals surface area contributed by atoms with Crippen LogP contribution in [0.2, 0.25) is 0 Å². The predicted molar refractivity (Wildman–Crippen MR) is 117 cm³/mol. The standard InChI is InChI=1S/C20H34N6O5S/c1-20(2,3)17(19(29)25-11-14(27)10-16(25)18(28)21-4)26-12-15(22-23-26)13-6-8-24(9-7-13)32(5,30)31/h12-14,16-17,27H,6-11H2,1-5H3,(H,21,28)/t14-,16+,17-/m1/s1. The van der Waals surface area contributed by atoms with Gasteiger partial charge in [-0.05, 0) is 18.3 Å². The SMILES string of the molecule is CNC(=O)[C@@H]1C[C@@H](O)CN1C(=O)[C@@H](n1cc(C2CCN(S(C)(=O)=O)CC2)nn1)C(C)(C)C. The molecule has 1 aromatic heterocycles. The highest BCUT2D eigenvalue weighted by Gasteiger charge is 2.45. The van der Waals surface area contributed by atoms with E-state index in [0.717, 1.165) is 5.69 Å². The molecular formula is C20H34N6O5S. The molecule has 11 nitrogen and oxygen atoms in total. The molecule has 2 saturated heterocycles. The molecular weight excluding hydrogens is 436 g/mol. The first-order chi connectivity index (χ1) is 14.8. The molecule has 2 fully saturated rings. The molecule has 0 radical (unpaired) electrons. The number of nitrogens with zero attached hydrogens (tertiary/aromatic N) is 5. The lowest BCUT2D eigenvalue weighted by molar-refractivity contribution is -0.144. The summed E-state index contributed by atoms with van der Waals surface area (Å²) in [5.74, 6) is -0.532. The lowest BCUT2D eigenvalue weighted by Gasteiger charge is -2.34. The van der Waals surface area contributed by atoms with Crippen molar-refractivity contribution in [3.05, 3.63) is 11.9 Å². The summed E-state index contributed by atoms with van der Waals surface area (Å²) in [7, 11) is -1.70. The molecule has 3 rings (SSSR count). The van der Waals surface area contributed by atoms with Gasteiger partial charge in [0.2, 0.25) is 21.8 Å². The Bertz CT molecular complexity index is 948. The van der Waals surface area contributed by atoms with E-state index < -0.39 is 33.6 Å². The second kappa shape index (κ2) is 9.06. The molecule has 0 unspecified atom stereocenters. The van der Waals surface area contributed by atoms with Crippen molar-refractivity contribution in [3.8, 4) is 0 Å². The van der Waals surface area contributed by atoms with E-state index in [-0.39, 0.29) is 30.7 Å². The van der Waals surface area contributed by atoms with Crippen LogP contribution in [-0.4, -0.2) is 94.6 Å². The second-order valence-corrected chi connectivity index (χ2v) is 11.8. The van der Waals surface area contributed by atoms with E-state index in [1.54, 1.807) is 10.9 Å². The quantitative estimate of drug-likeness (QED) is 0.603. The molecule has 0 spiro atoms. The molecule has 32 heavy (non-hydrogen) atoms. The van der Waals surface area contributed by atoms with E-state index in [9.17, 15) is 23.1 Å². The number of likely N-dealkylation sites (tertiary alicyclic amines) is 1. The van der Waals surface area contributed by atoms with E-state index >= 15 is 0 Å². The number of hydrogen-bond donors (Lipinski definition) is 2. The zero-order valence-corrected chi connectivity index (χ0v) is 20.2. The van der Waals surface area contributed by atoms with E-state index in [4.69, 9.17) is 0 Å². The smallest absolute Gasteiger partial charge is 0.248 e. The summed E-state index contributed by atoms with van der Waals surface area (Å²) in [6.45, 7) is 6.71. The van der Waals surface area contributed by atoms with Crippen molar-refractivity contribution in [2.24, 2.45) is 5.41 Å². The third-order valence-corrected chi connectivity index (χ3v) is 7.60. The number of aliphatic hydroxyl groups excluding tert-OH is 1. The fourth-order valence-electron chi connectivity index (χ4n) is 4.60. The number of β-amino-alcohol motifs (C(OH)–C–C–N with tert-alkyl or cyclic N) is 1. The summed E-state index contributed by atoms with van der Waals surface area (Å²) < 4.78 is 26.5. The van der Waals surface area contributed by atoms with Crippen LogP contribution in [0, 0.1) is 5.41 Å². The normalized spacial score (nSPS) is 24.5. The number of aromatic nitrogens is 3. The lowest BCUT2D eigenvalue weighted by atomic mass is 9.85. The maximum atomic E-state index is 13.6. The van der Waals surface area contributed by atoms with Gasteiger partial charge in [0.15, 0.2) is 0 Å². The van der Waals surface area contributed by atoms with Gasteiger partial charge in [0.1, 0.15) is 12.1 Å². The van der Waals surface area contributed by atoms with Crippen LogP contribution >= 0.6 is 0 Å². The number of likely N-dealkylation sites (N-methyl/N-ethyl adjacent to an activating group) is 1. The molecule has 2 N–H and O–H groups in total. The molecule has 0 bridgehead atoms. The highest BCUT2D eigenvalue weighted by Crippen LogP contribution is 2.35. The van der Waals surface area contributed by atoms with Crippen molar-refractivity contribution in [1.82, 2.24) is 29.5 Å². The molecule has 180 valence electrons. The van der Waals surface area contributed by atoms with Crippen LogP contribution in [0.25, 0.3) is 0 Å². The van der Waals surface area contributed by atoms with Gasteiger partial charge in [0.25, 0.3) is 0 Å². The average Bonchev–Trinajstić information content (AvgIpc) is 3.33. The van der Waals surface area contributed by atoms with Crippen molar-refractivity contribution >= 4 is 21.8 Å². The number of carbonyl (C=O) groups excluding carboxylic acids is 2. The van der Waals surface area contributed by atoms with E-state index in [1.807, 2.05) is 20.8 Å². The molecule has 0 aromatic carbocycles. The Morgan fingerprint density at radius 2 is 1.88 bits per heavy atom. The Morgan fingerprint density at radius 3 is 2.41 bits per heavy atom. The Hall–Kier alpha value is -2.05. The maximum absolute atomic E-state index is 13.6. The van der Waals surface area contributed by atoms with Crippen molar-refractivity contribution in [2.75, 3.05) is 32.9 Å². The average molecular weight is 471 g/mol. The van der Waals surface area contributed by atoms with Gasteiger partial charge in [-0.2, -0.15) is 0 Å². The zero-order chi connectivity index (χ0) is 23.8. The van der Waals surface area contributed by atoms with Crippen molar-refractivity contribution in [1.29, 1.82) is 0 Å². The summed E-state index contributed by atoms with van der Waals surface area (Å²) in [4.78, 5) is 27.3. The number of rotatable bonds is 5. The number of sulfonamides is 1. The van der Waals surface area contributed by atoms with Crippen LogP contribution in [0.1, 0.15) is 57.7 Å². The highest BCUT2D eigenvalue weighted by molar-refractivity contribution is 7.88. The molecule has 0 aliphatic carbocycles. The van der Waals surface area contributed by atoms with Crippen molar-refractivity contribution < 1.29 is 23.1 Å². The van der Waals surface area contributed by atoms with Crippen molar-refractivity contribution in [2.45, 2.75) is 64.1 Å². The molecule has 12 heteroatoms.